The van der Waals surface area contributed by atoms with Crippen molar-refractivity contribution in [2.24, 2.45) is 0 Å². The Hall–Kier alpha value is -4.94. The summed E-state index contributed by atoms with van der Waals surface area (Å²) >= 11 is 5.98. The number of para-hydroxylation sites is 1. The van der Waals surface area contributed by atoms with Crippen molar-refractivity contribution >= 4 is 51.8 Å². The lowest BCUT2D eigenvalue weighted by Gasteiger charge is -2.35. The van der Waals surface area contributed by atoms with E-state index in [0.717, 1.165) is 11.8 Å². The van der Waals surface area contributed by atoms with E-state index in [1.165, 1.54) is 48.5 Å². The van der Waals surface area contributed by atoms with E-state index in [9.17, 15) is 27.9 Å². The summed E-state index contributed by atoms with van der Waals surface area (Å²) in [7, 11) is 0. The fraction of sp³-hybridized carbons (Fsp3) is 0.0690. The van der Waals surface area contributed by atoms with Crippen LogP contribution in [-0.4, -0.2) is 33.1 Å². The number of hydrogen-bond donors (Lipinski definition) is 3. The molecule has 0 aliphatic carbocycles. The molecule has 1 aliphatic rings. The SMILES string of the molecule is O=C1c2cccc(OC(=O)C(F)(F)F)c2C(O)(c2ccc3nc(Nc4ccccc4)[nH]c3c2)N1c1cccc(Cl)c1F. The number of aromatic amines is 1. The smallest absolute Gasteiger partial charge is 0.419 e. The molecule has 1 unspecified atom stereocenters. The van der Waals surface area contributed by atoms with Gasteiger partial charge in [0.15, 0.2) is 5.82 Å². The number of esters is 1. The standard InChI is InChI=1S/C29H17ClF4N4O4/c30-18-9-5-10-21(24(18)31)38-25(39)17-8-4-11-22(42-26(40)29(32,33)34)23(17)28(38,41)15-12-13-19-20(14-15)37-27(36-19)35-16-6-2-1-3-7-16/h1-14,41H,(H2,35,36,37). The third kappa shape index (κ3) is 4.41. The van der Waals surface area contributed by atoms with Crippen molar-refractivity contribution in [1.29, 1.82) is 0 Å². The lowest BCUT2D eigenvalue weighted by molar-refractivity contribution is -0.189. The van der Waals surface area contributed by atoms with Crippen LogP contribution in [0.15, 0.2) is 84.9 Å². The number of nitrogens with one attached hydrogen (secondary N) is 2. The maximum atomic E-state index is 15.3. The lowest BCUT2D eigenvalue weighted by atomic mass is 9.92. The number of aromatic nitrogens is 2. The molecular formula is C29H17ClF4N4O4. The van der Waals surface area contributed by atoms with Gasteiger partial charge in [-0.25, -0.2) is 14.2 Å². The maximum Gasteiger partial charge on any atom is 0.491 e. The first-order valence-corrected chi connectivity index (χ1v) is 12.6. The quantitative estimate of drug-likeness (QED) is 0.123. The number of carbonyl (C=O) groups excluding carboxylic acids is 2. The van der Waals surface area contributed by atoms with Gasteiger partial charge in [-0.1, -0.05) is 48.0 Å². The second-order valence-corrected chi connectivity index (χ2v) is 9.67. The second-order valence-electron chi connectivity index (χ2n) is 9.26. The van der Waals surface area contributed by atoms with E-state index in [1.54, 1.807) is 0 Å². The van der Waals surface area contributed by atoms with Crippen molar-refractivity contribution in [2.45, 2.75) is 11.9 Å². The highest BCUT2D eigenvalue weighted by atomic mass is 35.5. The molecule has 0 spiro atoms. The summed E-state index contributed by atoms with van der Waals surface area (Å²) in [5.74, 6) is -5.02. The minimum absolute atomic E-state index is 0.0769. The van der Waals surface area contributed by atoms with Crippen molar-refractivity contribution < 1.29 is 37.0 Å². The number of aliphatic hydroxyl groups is 1. The number of alkyl halides is 3. The van der Waals surface area contributed by atoms with Crippen LogP contribution in [0.5, 0.6) is 5.75 Å². The van der Waals surface area contributed by atoms with E-state index in [-0.39, 0.29) is 16.1 Å². The first kappa shape index (κ1) is 27.2. The fourth-order valence-electron chi connectivity index (χ4n) is 4.86. The number of halogens is 5. The molecule has 0 bridgehead atoms. The first-order chi connectivity index (χ1) is 20.0. The molecule has 1 amide bonds. The number of nitrogens with zero attached hydrogens (tertiary/aromatic N) is 2. The topological polar surface area (TPSA) is 108 Å². The Morgan fingerprint density at radius 1 is 1.02 bits per heavy atom. The van der Waals surface area contributed by atoms with Crippen LogP contribution in [0.4, 0.5) is 34.9 Å². The molecule has 0 saturated carbocycles. The van der Waals surface area contributed by atoms with Gasteiger partial charge in [-0.3, -0.25) is 9.69 Å². The molecular weight excluding hydrogens is 580 g/mol. The van der Waals surface area contributed by atoms with E-state index in [1.807, 2.05) is 30.3 Å². The number of imidazole rings is 1. The molecule has 42 heavy (non-hydrogen) atoms. The third-order valence-electron chi connectivity index (χ3n) is 6.66. The van der Waals surface area contributed by atoms with Gasteiger partial charge >= 0.3 is 12.1 Å². The number of hydrogen-bond acceptors (Lipinski definition) is 6. The molecule has 8 nitrogen and oxygen atoms in total. The minimum atomic E-state index is -5.38. The highest BCUT2D eigenvalue weighted by molar-refractivity contribution is 6.31. The summed E-state index contributed by atoms with van der Waals surface area (Å²) in [5, 5.41) is 15.1. The number of anilines is 3. The molecule has 3 N–H and O–H groups in total. The molecule has 6 rings (SSSR count). The number of benzene rings is 4. The van der Waals surface area contributed by atoms with Crippen LogP contribution >= 0.6 is 11.6 Å². The Balaban J connectivity index is 1.55. The summed E-state index contributed by atoms with van der Waals surface area (Å²) in [5.41, 5.74) is -2.49. The molecule has 13 heteroatoms. The molecule has 1 atom stereocenters. The van der Waals surface area contributed by atoms with E-state index in [0.29, 0.717) is 21.9 Å². The van der Waals surface area contributed by atoms with Crippen LogP contribution in [0.25, 0.3) is 11.0 Å². The Morgan fingerprint density at radius 2 is 1.76 bits per heavy atom. The zero-order valence-corrected chi connectivity index (χ0v) is 21.8. The average molecular weight is 597 g/mol. The van der Waals surface area contributed by atoms with Crippen LogP contribution < -0.4 is 15.0 Å². The van der Waals surface area contributed by atoms with Crippen LogP contribution in [-0.2, 0) is 10.5 Å². The summed E-state index contributed by atoms with van der Waals surface area (Å²) in [4.78, 5) is 33.7. The highest BCUT2D eigenvalue weighted by Gasteiger charge is 2.54. The van der Waals surface area contributed by atoms with Gasteiger partial charge in [0.05, 0.1) is 32.9 Å². The minimum Gasteiger partial charge on any atom is -0.419 e. The molecule has 4 aromatic carbocycles. The van der Waals surface area contributed by atoms with E-state index in [4.69, 9.17) is 11.6 Å². The Bertz CT molecular complexity index is 1880. The van der Waals surface area contributed by atoms with Crippen molar-refractivity contribution in [3.05, 3.63) is 112 Å². The van der Waals surface area contributed by atoms with E-state index in [2.05, 4.69) is 20.0 Å². The predicted molar refractivity (Wildman–Crippen MR) is 145 cm³/mol. The predicted octanol–water partition coefficient (Wildman–Crippen LogP) is 6.42. The van der Waals surface area contributed by atoms with E-state index >= 15 is 4.39 Å². The Kier molecular flexibility index (Phi) is 6.39. The van der Waals surface area contributed by atoms with Crippen LogP contribution in [0.1, 0.15) is 21.5 Å². The number of H-pyrrole nitrogens is 1. The second kappa shape index (κ2) is 9.86. The molecule has 0 radical (unpaired) electrons. The normalized spacial score (nSPS) is 16.5. The van der Waals surface area contributed by atoms with Crippen LogP contribution in [0, 0.1) is 5.82 Å². The summed E-state index contributed by atoms with van der Waals surface area (Å²) in [6.07, 6.45) is -5.38. The zero-order valence-electron chi connectivity index (χ0n) is 21.0. The maximum absolute atomic E-state index is 15.3. The van der Waals surface area contributed by atoms with Gasteiger partial charge in [-0.05, 0) is 48.5 Å². The molecule has 0 fully saturated rings. The van der Waals surface area contributed by atoms with E-state index < -0.39 is 46.6 Å². The van der Waals surface area contributed by atoms with Crippen molar-refractivity contribution in [1.82, 2.24) is 9.97 Å². The van der Waals surface area contributed by atoms with Gasteiger partial charge in [0.1, 0.15) is 5.75 Å². The van der Waals surface area contributed by atoms with Crippen molar-refractivity contribution in [2.75, 3.05) is 10.2 Å². The van der Waals surface area contributed by atoms with Gasteiger partial charge in [0, 0.05) is 11.3 Å². The number of ether oxygens (including phenoxy) is 1. The van der Waals surface area contributed by atoms with Gasteiger partial charge in [0.2, 0.25) is 11.7 Å². The monoisotopic (exact) mass is 596 g/mol. The largest absolute Gasteiger partial charge is 0.491 e. The molecule has 0 saturated heterocycles. The molecule has 2 heterocycles. The lowest BCUT2D eigenvalue weighted by Crippen LogP contribution is -2.45. The van der Waals surface area contributed by atoms with Crippen LogP contribution in [0.2, 0.25) is 5.02 Å². The number of rotatable bonds is 5. The highest BCUT2D eigenvalue weighted by Crippen LogP contribution is 2.50. The van der Waals surface area contributed by atoms with Crippen molar-refractivity contribution in [3.63, 3.8) is 0 Å². The third-order valence-corrected chi connectivity index (χ3v) is 6.95. The molecule has 5 aromatic rings. The van der Waals surface area contributed by atoms with Gasteiger partial charge in [-0.2, -0.15) is 13.2 Å². The molecule has 1 aromatic heterocycles. The summed E-state index contributed by atoms with van der Waals surface area (Å²) in [6.45, 7) is 0. The Morgan fingerprint density at radius 3 is 2.50 bits per heavy atom. The Labute approximate surface area is 239 Å². The van der Waals surface area contributed by atoms with Crippen LogP contribution in [0.3, 0.4) is 0 Å². The molecule has 212 valence electrons. The summed E-state index contributed by atoms with van der Waals surface area (Å²) < 4.78 is 59.4. The molecule has 1 aliphatic heterocycles. The number of amides is 1. The number of carbonyl (C=O) groups is 2. The summed E-state index contributed by atoms with van der Waals surface area (Å²) in [6, 6.07) is 20.5. The average Bonchev–Trinajstić information content (AvgIpc) is 3.46. The van der Waals surface area contributed by atoms with Gasteiger partial charge in [-0.15, -0.1) is 0 Å². The van der Waals surface area contributed by atoms with Gasteiger partial charge < -0.3 is 20.1 Å². The fourth-order valence-corrected chi connectivity index (χ4v) is 5.03. The first-order valence-electron chi connectivity index (χ1n) is 12.2. The van der Waals surface area contributed by atoms with Gasteiger partial charge in [0.25, 0.3) is 5.91 Å². The zero-order chi connectivity index (χ0) is 29.8. The van der Waals surface area contributed by atoms with Crippen molar-refractivity contribution in [3.8, 4) is 5.75 Å². The number of fused-ring (bicyclic) bond motifs is 2.